The number of rotatable bonds is 6. The second-order valence-electron chi connectivity index (χ2n) is 6.02. The predicted octanol–water partition coefficient (Wildman–Crippen LogP) is 1.98. The maximum absolute atomic E-state index is 5.27. The lowest BCUT2D eigenvalue weighted by Crippen LogP contribution is -2.55. The van der Waals surface area contributed by atoms with Crippen molar-refractivity contribution < 1.29 is 4.74 Å². The van der Waals surface area contributed by atoms with Crippen LogP contribution >= 0.6 is 0 Å². The lowest BCUT2D eigenvalue weighted by molar-refractivity contribution is 0.0876. The van der Waals surface area contributed by atoms with E-state index in [1.54, 1.807) is 7.11 Å². The van der Waals surface area contributed by atoms with Crippen LogP contribution in [0.1, 0.15) is 24.9 Å². The van der Waals surface area contributed by atoms with E-state index in [0.29, 0.717) is 12.1 Å². The molecule has 21 heavy (non-hydrogen) atoms. The lowest BCUT2D eigenvalue weighted by Gasteiger charge is -2.42. The summed E-state index contributed by atoms with van der Waals surface area (Å²) in [6.07, 6.45) is 1.15. The topological polar surface area (TPSA) is 27.7 Å². The van der Waals surface area contributed by atoms with Gasteiger partial charge < -0.3 is 15.0 Å². The summed E-state index contributed by atoms with van der Waals surface area (Å²) in [6, 6.07) is 9.36. The van der Waals surface area contributed by atoms with Gasteiger partial charge in [-0.2, -0.15) is 0 Å². The molecule has 1 heterocycles. The molecule has 1 saturated heterocycles. The summed E-state index contributed by atoms with van der Waals surface area (Å²) in [6.45, 7) is 6.64. The van der Waals surface area contributed by atoms with E-state index >= 15 is 0 Å². The Morgan fingerprint density at radius 2 is 1.95 bits per heavy atom. The highest BCUT2D eigenvalue weighted by molar-refractivity contribution is 5.30. The highest BCUT2D eigenvalue weighted by Gasteiger charge is 2.30. The van der Waals surface area contributed by atoms with Crippen molar-refractivity contribution in [1.82, 2.24) is 15.1 Å². The molecule has 0 radical (unpaired) electrons. The van der Waals surface area contributed by atoms with E-state index in [2.05, 4.69) is 60.4 Å². The van der Waals surface area contributed by atoms with Gasteiger partial charge in [0.15, 0.2) is 0 Å². The monoisotopic (exact) mass is 291 g/mol. The Labute approximate surface area is 129 Å². The van der Waals surface area contributed by atoms with Crippen LogP contribution in [0.2, 0.25) is 0 Å². The molecule has 1 aliphatic heterocycles. The summed E-state index contributed by atoms with van der Waals surface area (Å²) < 4.78 is 5.27. The molecule has 0 saturated carbocycles. The van der Waals surface area contributed by atoms with E-state index in [1.807, 2.05) is 0 Å². The SMILES string of the molecule is CCCNC(c1ccc(OC)cc1)C1CN(C)CCN1C. The maximum Gasteiger partial charge on any atom is 0.118 e. The first kappa shape index (κ1) is 16.3. The molecule has 0 aliphatic carbocycles. The molecule has 2 unspecified atom stereocenters. The Kier molecular flexibility index (Phi) is 6.03. The number of methoxy groups -OCH3 is 1. The van der Waals surface area contributed by atoms with E-state index < -0.39 is 0 Å². The predicted molar refractivity (Wildman–Crippen MR) is 87.9 cm³/mol. The molecular formula is C17H29N3O. The van der Waals surface area contributed by atoms with Crippen molar-refractivity contribution in [3.63, 3.8) is 0 Å². The summed E-state index contributed by atoms with van der Waals surface area (Å²) in [5.41, 5.74) is 1.34. The molecule has 0 aromatic heterocycles. The van der Waals surface area contributed by atoms with Crippen LogP contribution in [0.15, 0.2) is 24.3 Å². The highest BCUT2D eigenvalue weighted by Crippen LogP contribution is 2.25. The standard InChI is InChI=1S/C17H29N3O/c1-5-10-18-17(14-6-8-15(21-4)9-7-14)16-13-19(2)11-12-20(16)3/h6-9,16-18H,5,10-13H2,1-4H3. The zero-order chi connectivity index (χ0) is 15.2. The van der Waals surface area contributed by atoms with E-state index in [-0.39, 0.29) is 0 Å². The van der Waals surface area contributed by atoms with Crippen LogP contribution in [0.3, 0.4) is 0 Å². The zero-order valence-corrected chi connectivity index (χ0v) is 13.8. The molecule has 2 atom stereocenters. The number of nitrogens with zero attached hydrogens (tertiary/aromatic N) is 2. The molecule has 1 aromatic carbocycles. The number of nitrogens with one attached hydrogen (secondary N) is 1. The zero-order valence-electron chi connectivity index (χ0n) is 13.8. The number of hydrogen-bond acceptors (Lipinski definition) is 4. The lowest BCUT2D eigenvalue weighted by atomic mass is 9.96. The molecule has 4 nitrogen and oxygen atoms in total. The Hall–Kier alpha value is -1.10. The fourth-order valence-electron chi connectivity index (χ4n) is 2.99. The normalized spacial score (nSPS) is 22.2. The average Bonchev–Trinajstić information content (AvgIpc) is 2.51. The molecule has 1 aliphatic rings. The van der Waals surface area contributed by atoms with Crippen molar-refractivity contribution in [3.8, 4) is 5.75 Å². The molecule has 0 bridgehead atoms. The van der Waals surface area contributed by atoms with Gasteiger partial charge in [-0.25, -0.2) is 0 Å². The molecule has 4 heteroatoms. The van der Waals surface area contributed by atoms with Gasteiger partial charge in [-0.1, -0.05) is 19.1 Å². The van der Waals surface area contributed by atoms with Crippen molar-refractivity contribution in [1.29, 1.82) is 0 Å². The Balaban J connectivity index is 2.19. The summed E-state index contributed by atoms with van der Waals surface area (Å²) in [5, 5.41) is 3.73. The average molecular weight is 291 g/mol. The van der Waals surface area contributed by atoms with Gasteiger partial charge in [-0.3, -0.25) is 4.90 Å². The fourth-order valence-corrected chi connectivity index (χ4v) is 2.99. The smallest absolute Gasteiger partial charge is 0.118 e. The van der Waals surface area contributed by atoms with Gasteiger partial charge in [0.2, 0.25) is 0 Å². The van der Waals surface area contributed by atoms with Gasteiger partial charge in [0.05, 0.1) is 7.11 Å². The summed E-state index contributed by atoms with van der Waals surface area (Å²) in [5.74, 6) is 0.919. The maximum atomic E-state index is 5.27. The Morgan fingerprint density at radius 3 is 2.57 bits per heavy atom. The third-order valence-electron chi connectivity index (χ3n) is 4.37. The summed E-state index contributed by atoms with van der Waals surface area (Å²) >= 11 is 0. The largest absolute Gasteiger partial charge is 0.497 e. The van der Waals surface area contributed by atoms with Crippen molar-refractivity contribution >= 4 is 0 Å². The van der Waals surface area contributed by atoms with Crippen LogP contribution in [-0.4, -0.2) is 63.2 Å². The van der Waals surface area contributed by atoms with Gasteiger partial charge in [0.25, 0.3) is 0 Å². The van der Waals surface area contributed by atoms with Crippen molar-refractivity contribution in [2.75, 3.05) is 47.4 Å². The minimum absolute atomic E-state index is 0.364. The molecule has 0 amide bonds. The van der Waals surface area contributed by atoms with E-state index in [1.165, 1.54) is 5.56 Å². The number of likely N-dealkylation sites (N-methyl/N-ethyl adjacent to an activating group) is 2. The number of ether oxygens (including phenoxy) is 1. The summed E-state index contributed by atoms with van der Waals surface area (Å²) in [4.78, 5) is 4.91. The molecule has 1 N–H and O–H groups in total. The third kappa shape index (κ3) is 4.19. The first-order valence-electron chi connectivity index (χ1n) is 7.91. The van der Waals surface area contributed by atoms with Crippen LogP contribution in [0.5, 0.6) is 5.75 Å². The summed E-state index contributed by atoms with van der Waals surface area (Å²) in [7, 11) is 6.17. The van der Waals surface area contributed by atoms with E-state index in [4.69, 9.17) is 4.74 Å². The molecule has 118 valence electrons. The van der Waals surface area contributed by atoms with Gasteiger partial charge in [-0.05, 0) is 44.8 Å². The minimum atomic E-state index is 0.364. The van der Waals surface area contributed by atoms with Crippen LogP contribution in [0.25, 0.3) is 0 Å². The van der Waals surface area contributed by atoms with Crippen molar-refractivity contribution in [3.05, 3.63) is 29.8 Å². The van der Waals surface area contributed by atoms with E-state index in [0.717, 1.165) is 38.3 Å². The van der Waals surface area contributed by atoms with Gasteiger partial charge in [0, 0.05) is 31.7 Å². The Bertz CT molecular complexity index is 421. The molecule has 1 fully saturated rings. The van der Waals surface area contributed by atoms with Crippen LogP contribution in [0, 0.1) is 0 Å². The van der Waals surface area contributed by atoms with Crippen LogP contribution in [0.4, 0.5) is 0 Å². The van der Waals surface area contributed by atoms with Crippen molar-refractivity contribution in [2.24, 2.45) is 0 Å². The van der Waals surface area contributed by atoms with E-state index in [9.17, 15) is 0 Å². The second kappa shape index (κ2) is 7.78. The molecule has 2 rings (SSSR count). The van der Waals surface area contributed by atoms with Crippen LogP contribution in [-0.2, 0) is 0 Å². The quantitative estimate of drug-likeness (QED) is 0.867. The fraction of sp³-hybridized carbons (Fsp3) is 0.647. The minimum Gasteiger partial charge on any atom is -0.497 e. The third-order valence-corrected chi connectivity index (χ3v) is 4.37. The first-order chi connectivity index (χ1) is 10.2. The molecule has 1 aromatic rings. The molecule has 0 spiro atoms. The number of piperazine rings is 1. The first-order valence-corrected chi connectivity index (χ1v) is 7.91. The van der Waals surface area contributed by atoms with Gasteiger partial charge >= 0.3 is 0 Å². The van der Waals surface area contributed by atoms with Gasteiger partial charge in [-0.15, -0.1) is 0 Å². The van der Waals surface area contributed by atoms with Crippen LogP contribution < -0.4 is 10.1 Å². The number of hydrogen-bond donors (Lipinski definition) is 1. The molecular weight excluding hydrogens is 262 g/mol. The highest BCUT2D eigenvalue weighted by atomic mass is 16.5. The van der Waals surface area contributed by atoms with Gasteiger partial charge in [0.1, 0.15) is 5.75 Å². The Morgan fingerprint density at radius 1 is 1.24 bits per heavy atom. The van der Waals surface area contributed by atoms with Crippen molar-refractivity contribution in [2.45, 2.75) is 25.4 Å². The second-order valence-corrected chi connectivity index (χ2v) is 6.02. The number of benzene rings is 1.